The smallest absolute Gasteiger partial charge is 0.0900 e. The fourth-order valence-electron chi connectivity index (χ4n) is 4.03. The summed E-state index contributed by atoms with van der Waals surface area (Å²) in [6.45, 7) is 4.14. The summed E-state index contributed by atoms with van der Waals surface area (Å²) >= 11 is 12.6. The lowest BCUT2D eigenvalue weighted by Gasteiger charge is -2.20. The van der Waals surface area contributed by atoms with Gasteiger partial charge in [-0.2, -0.15) is 0 Å². The van der Waals surface area contributed by atoms with Gasteiger partial charge < -0.3 is 9.88 Å². The molecule has 33 heavy (non-hydrogen) atoms. The third-order valence-electron chi connectivity index (χ3n) is 5.42. The van der Waals surface area contributed by atoms with E-state index < -0.39 is 0 Å². The van der Waals surface area contributed by atoms with Gasteiger partial charge in [0.2, 0.25) is 0 Å². The lowest BCUT2D eigenvalue weighted by atomic mass is 10.1. The van der Waals surface area contributed by atoms with Crippen LogP contribution in [0.3, 0.4) is 0 Å². The minimum atomic E-state index is 0.126. The summed E-state index contributed by atoms with van der Waals surface area (Å²) < 4.78 is 2.20. The van der Waals surface area contributed by atoms with E-state index in [1.54, 1.807) is 12.4 Å². The molecule has 0 radical (unpaired) electrons. The molecular weight excluding hydrogens is 453 g/mol. The first-order valence-corrected chi connectivity index (χ1v) is 11.7. The van der Waals surface area contributed by atoms with E-state index in [9.17, 15) is 0 Å². The van der Waals surface area contributed by atoms with Crippen LogP contribution >= 0.6 is 23.2 Å². The normalized spacial score (nSPS) is 13.5. The van der Waals surface area contributed by atoms with Crippen molar-refractivity contribution in [3.63, 3.8) is 0 Å². The fraction of sp³-hybridized carbons (Fsp3) is 0.192. The average Bonchev–Trinajstić information content (AvgIpc) is 2.80. The zero-order chi connectivity index (χ0) is 22.9. The van der Waals surface area contributed by atoms with Crippen LogP contribution in [0.1, 0.15) is 26.7 Å². The van der Waals surface area contributed by atoms with E-state index in [-0.39, 0.29) is 6.04 Å². The fourth-order valence-corrected chi connectivity index (χ4v) is 4.32. The van der Waals surface area contributed by atoms with Crippen LogP contribution in [0.25, 0.3) is 29.2 Å². The van der Waals surface area contributed by atoms with Crippen LogP contribution in [0.5, 0.6) is 0 Å². The largest absolute Gasteiger partial charge is 0.352 e. The Bertz CT molecular complexity index is 1490. The molecule has 0 saturated heterocycles. The van der Waals surface area contributed by atoms with Gasteiger partial charge in [0, 0.05) is 17.9 Å². The second kappa shape index (κ2) is 9.00. The zero-order valence-electron chi connectivity index (χ0n) is 18.4. The molecule has 1 aliphatic heterocycles. The Kier molecular flexibility index (Phi) is 5.92. The van der Waals surface area contributed by atoms with Crippen molar-refractivity contribution in [2.75, 3.05) is 5.32 Å². The third-order valence-corrected chi connectivity index (χ3v) is 6.16. The molecule has 166 valence electrons. The van der Waals surface area contributed by atoms with Crippen LogP contribution in [0.15, 0.2) is 59.9 Å². The number of hydrogen-bond acceptors (Lipinski definition) is 4. The van der Waals surface area contributed by atoms with Crippen molar-refractivity contribution in [1.29, 1.82) is 0 Å². The maximum atomic E-state index is 6.40. The summed E-state index contributed by atoms with van der Waals surface area (Å²) in [6, 6.07) is 13.9. The summed E-state index contributed by atoms with van der Waals surface area (Å²) in [5.74, 6) is 0. The van der Waals surface area contributed by atoms with Crippen molar-refractivity contribution in [3.05, 3.63) is 81.0 Å². The van der Waals surface area contributed by atoms with Crippen molar-refractivity contribution in [2.45, 2.75) is 32.7 Å². The summed E-state index contributed by atoms with van der Waals surface area (Å²) in [6.07, 6.45) is 9.89. The number of pyridine rings is 1. The van der Waals surface area contributed by atoms with Crippen LogP contribution < -0.4 is 21.4 Å². The van der Waals surface area contributed by atoms with E-state index >= 15 is 0 Å². The van der Waals surface area contributed by atoms with Crippen LogP contribution in [-0.2, 0) is 0 Å². The molecule has 2 aromatic rings. The predicted octanol–water partition coefficient (Wildman–Crippen LogP) is 5.09. The summed E-state index contributed by atoms with van der Waals surface area (Å²) in [7, 11) is 0. The van der Waals surface area contributed by atoms with Gasteiger partial charge in [0.25, 0.3) is 0 Å². The topological polar surface area (TPSA) is 55.1 Å². The van der Waals surface area contributed by atoms with Gasteiger partial charge in [0.15, 0.2) is 0 Å². The van der Waals surface area contributed by atoms with Gasteiger partial charge in [-0.1, -0.05) is 35.4 Å². The Labute approximate surface area is 202 Å². The molecule has 1 aromatic carbocycles. The highest BCUT2D eigenvalue weighted by atomic mass is 35.5. The van der Waals surface area contributed by atoms with Gasteiger partial charge >= 0.3 is 0 Å². The Hall–Kier alpha value is -3.15. The summed E-state index contributed by atoms with van der Waals surface area (Å²) in [5.41, 5.74) is 4.53. The maximum Gasteiger partial charge on any atom is 0.0900 e. The highest BCUT2D eigenvalue weighted by Gasteiger charge is 2.17. The van der Waals surface area contributed by atoms with Gasteiger partial charge in [-0.15, -0.1) is 0 Å². The van der Waals surface area contributed by atoms with Gasteiger partial charge in [0.1, 0.15) is 0 Å². The van der Waals surface area contributed by atoms with Crippen molar-refractivity contribution >= 4 is 46.7 Å². The molecule has 3 aliphatic rings. The van der Waals surface area contributed by atoms with E-state index in [4.69, 9.17) is 33.2 Å². The van der Waals surface area contributed by atoms with E-state index in [1.165, 1.54) is 0 Å². The SMILES string of the molecule is CC(C)/N=c1\cc2n(-c3ccc(Cl)c(Cl)c3)c3c(nc-2cc1Nc1cccnc1)=CCCC=3. The molecule has 1 N–H and O–H groups in total. The zero-order valence-corrected chi connectivity index (χ0v) is 19.9. The molecule has 0 amide bonds. The summed E-state index contributed by atoms with van der Waals surface area (Å²) in [4.78, 5) is 14.1. The number of fused-ring (bicyclic) bond motifs is 2. The monoisotopic (exact) mass is 475 g/mol. The number of hydrogen-bond donors (Lipinski definition) is 1. The number of nitrogens with zero attached hydrogens (tertiary/aromatic N) is 4. The number of benzene rings is 2. The number of rotatable bonds is 4. The third kappa shape index (κ3) is 4.39. The lowest BCUT2D eigenvalue weighted by molar-refractivity contribution is 0.805. The molecule has 0 atom stereocenters. The number of aromatic nitrogens is 3. The minimum Gasteiger partial charge on any atom is -0.352 e. The molecule has 0 fully saturated rings. The minimum absolute atomic E-state index is 0.126. The van der Waals surface area contributed by atoms with Crippen molar-refractivity contribution < 1.29 is 0 Å². The predicted molar refractivity (Wildman–Crippen MR) is 136 cm³/mol. The molecule has 2 aliphatic carbocycles. The Balaban J connectivity index is 1.84. The van der Waals surface area contributed by atoms with Gasteiger partial charge in [-0.25, -0.2) is 4.98 Å². The molecule has 0 bridgehead atoms. The van der Waals surface area contributed by atoms with Crippen LogP contribution in [0.2, 0.25) is 10.0 Å². The summed E-state index contributed by atoms with van der Waals surface area (Å²) in [5, 5.41) is 7.38. The molecule has 5 rings (SSSR count). The van der Waals surface area contributed by atoms with E-state index in [1.807, 2.05) is 30.3 Å². The molecule has 1 aromatic heterocycles. The van der Waals surface area contributed by atoms with E-state index in [0.29, 0.717) is 10.0 Å². The van der Waals surface area contributed by atoms with Gasteiger partial charge in [-0.3, -0.25) is 9.98 Å². The van der Waals surface area contributed by atoms with Crippen molar-refractivity contribution in [3.8, 4) is 17.1 Å². The Morgan fingerprint density at radius 2 is 1.88 bits per heavy atom. The molecular formula is C26H23Cl2N5. The average molecular weight is 476 g/mol. The number of anilines is 2. The second-order valence-electron chi connectivity index (χ2n) is 8.25. The molecule has 2 heterocycles. The van der Waals surface area contributed by atoms with Crippen LogP contribution in [-0.4, -0.2) is 20.6 Å². The quantitative estimate of drug-likeness (QED) is 0.447. The molecule has 0 spiro atoms. The molecule has 7 heteroatoms. The second-order valence-corrected chi connectivity index (χ2v) is 9.06. The van der Waals surface area contributed by atoms with E-state index in [0.717, 1.165) is 57.3 Å². The van der Waals surface area contributed by atoms with E-state index in [2.05, 4.69) is 53.0 Å². The maximum absolute atomic E-state index is 6.40. The van der Waals surface area contributed by atoms with Crippen molar-refractivity contribution in [2.24, 2.45) is 4.99 Å². The first-order valence-electron chi connectivity index (χ1n) is 10.9. The number of halogens is 2. The lowest BCUT2D eigenvalue weighted by Crippen LogP contribution is -2.40. The first kappa shape index (κ1) is 21.7. The number of nitrogens with one attached hydrogen (secondary N) is 1. The highest BCUT2D eigenvalue weighted by molar-refractivity contribution is 6.42. The van der Waals surface area contributed by atoms with Crippen LogP contribution in [0, 0.1) is 0 Å². The van der Waals surface area contributed by atoms with Crippen LogP contribution in [0.4, 0.5) is 11.4 Å². The van der Waals surface area contributed by atoms with Gasteiger partial charge in [0.05, 0.1) is 55.1 Å². The Morgan fingerprint density at radius 3 is 2.64 bits per heavy atom. The Morgan fingerprint density at radius 1 is 1.03 bits per heavy atom. The van der Waals surface area contributed by atoms with Gasteiger partial charge in [-0.05, 0) is 69.2 Å². The standard InChI is InChI=1S/C26H23Cl2N5/c1-16(2)30-23-14-26-24(13-22(23)31-17-6-5-11-29-15-17)32-21-7-3-4-8-25(21)33(26)18-9-10-19(27)20(28)12-18/h5-16,31H,3-4H2,1-2H3/b30-23+. The van der Waals surface area contributed by atoms with Crippen molar-refractivity contribution in [1.82, 2.24) is 14.5 Å². The molecule has 0 saturated carbocycles. The molecule has 5 nitrogen and oxygen atoms in total. The first-order chi connectivity index (χ1) is 16.0. The molecule has 0 unspecified atom stereocenters. The highest BCUT2D eigenvalue weighted by Crippen LogP contribution is 2.28.